The molecule has 1 unspecified atom stereocenters. The fourth-order valence-corrected chi connectivity index (χ4v) is 1.91. The van der Waals surface area contributed by atoms with Gasteiger partial charge >= 0.3 is 0 Å². The SMILES string of the molecule is CCCCCC(C)NC(=O)c1ccc(NCC)cn1. The maximum Gasteiger partial charge on any atom is 0.270 e. The van der Waals surface area contributed by atoms with Crippen molar-refractivity contribution < 1.29 is 4.79 Å². The Labute approximate surface area is 116 Å². The summed E-state index contributed by atoms with van der Waals surface area (Å²) in [5.41, 5.74) is 1.42. The van der Waals surface area contributed by atoms with Gasteiger partial charge in [-0.1, -0.05) is 26.2 Å². The minimum Gasteiger partial charge on any atom is -0.384 e. The van der Waals surface area contributed by atoms with E-state index in [4.69, 9.17) is 0 Å². The molecule has 1 heterocycles. The van der Waals surface area contributed by atoms with Gasteiger partial charge in [-0.25, -0.2) is 4.98 Å². The molecule has 0 radical (unpaired) electrons. The molecule has 19 heavy (non-hydrogen) atoms. The predicted molar refractivity (Wildman–Crippen MR) is 79.5 cm³/mol. The van der Waals surface area contributed by atoms with Crippen molar-refractivity contribution in [1.82, 2.24) is 10.3 Å². The van der Waals surface area contributed by atoms with Crippen molar-refractivity contribution in [2.24, 2.45) is 0 Å². The van der Waals surface area contributed by atoms with Crippen molar-refractivity contribution >= 4 is 11.6 Å². The third-order valence-corrected chi connectivity index (χ3v) is 3.00. The van der Waals surface area contributed by atoms with Gasteiger partial charge in [0.2, 0.25) is 0 Å². The standard InChI is InChI=1S/C15H25N3O/c1-4-6-7-8-12(3)18-15(19)14-10-9-13(11-17-14)16-5-2/h9-12,16H,4-8H2,1-3H3,(H,18,19). The van der Waals surface area contributed by atoms with Crippen LogP contribution in [-0.2, 0) is 0 Å². The molecule has 0 saturated heterocycles. The molecule has 4 heteroatoms. The molecule has 0 saturated carbocycles. The number of aromatic nitrogens is 1. The second kappa shape index (κ2) is 8.51. The maximum absolute atomic E-state index is 12.0. The highest BCUT2D eigenvalue weighted by molar-refractivity contribution is 5.92. The van der Waals surface area contributed by atoms with Crippen LogP contribution in [0.5, 0.6) is 0 Å². The predicted octanol–water partition coefficient (Wildman–Crippen LogP) is 3.21. The Bertz CT molecular complexity index is 375. The normalized spacial score (nSPS) is 11.9. The van der Waals surface area contributed by atoms with Gasteiger partial charge in [-0.15, -0.1) is 0 Å². The summed E-state index contributed by atoms with van der Waals surface area (Å²) in [6.45, 7) is 7.10. The minimum absolute atomic E-state index is 0.0907. The summed E-state index contributed by atoms with van der Waals surface area (Å²) >= 11 is 0. The summed E-state index contributed by atoms with van der Waals surface area (Å²) in [7, 11) is 0. The van der Waals surface area contributed by atoms with Gasteiger partial charge in [0.25, 0.3) is 5.91 Å². The fraction of sp³-hybridized carbons (Fsp3) is 0.600. The number of pyridine rings is 1. The lowest BCUT2D eigenvalue weighted by Crippen LogP contribution is -2.33. The minimum atomic E-state index is -0.0907. The first-order valence-electron chi connectivity index (χ1n) is 7.18. The Morgan fingerprint density at radius 2 is 2.11 bits per heavy atom. The van der Waals surface area contributed by atoms with Gasteiger partial charge in [0.05, 0.1) is 11.9 Å². The second-order valence-corrected chi connectivity index (χ2v) is 4.83. The first kappa shape index (κ1) is 15.5. The van der Waals surface area contributed by atoms with E-state index in [9.17, 15) is 4.79 Å². The molecule has 0 fully saturated rings. The summed E-state index contributed by atoms with van der Waals surface area (Å²) in [6.07, 6.45) is 6.30. The lowest BCUT2D eigenvalue weighted by atomic mass is 10.1. The molecule has 2 N–H and O–H groups in total. The number of carbonyl (C=O) groups is 1. The molecular weight excluding hydrogens is 238 g/mol. The van der Waals surface area contributed by atoms with E-state index in [1.165, 1.54) is 12.8 Å². The van der Waals surface area contributed by atoms with E-state index in [0.717, 1.165) is 25.1 Å². The average molecular weight is 263 g/mol. The summed E-state index contributed by atoms with van der Waals surface area (Å²) < 4.78 is 0. The molecule has 0 aliphatic heterocycles. The van der Waals surface area contributed by atoms with E-state index in [0.29, 0.717) is 5.69 Å². The van der Waals surface area contributed by atoms with E-state index >= 15 is 0 Å². The summed E-state index contributed by atoms with van der Waals surface area (Å²) in [5.74, 6) is -0.0907. The van der Waals surface area contributed by atoms with Gasteiger partial charge in [-0.3, -0.25) is 4.79 Å². The lowest BCUT2D eigenvalue weighted by molar-refractivity contribution is 0.0933. The largest absolute Gasteiger partial charge is 0.384 e. The molecule has 0 bridgehead atoms. The number of hydrogen-bond donors (Lipinski definition) is 2. The Balaban J connectivity index is 2.44. The van der Waals surface area contributed by atoms with Gasteiger partial charge in [0.15, 0.2) is 0 Å². The molecule has 106 valence electrons. The van der Waals surface area contributed by atoms with Crippen LogP contribution in [-0.4, -0.2) is 23.5 Å². The second-order valence-electron chi connectivity index (χ2n) is 4.83. The van der Waals surface area contributed by atoms with E-state index in [-0.39, 0.29) is 11.9 Å². The van der Waals surface area contributed by atoms with Crippen molar-refractivity contribution in [3.05, 3.63) is 24.0 Å². The zero-order valence-electron chi connectivity index (χ0n) is 12.2. The highest BCUT2D eigenvalue weighted by atomic mass is 16.1. The monoisotopic (exact) mass is 263 g/mol. The van der Waals surface area contributed by atoms with Crippen LogP contribution < -0.4 is 10.6 Å². The zero-order valence-corrected chi connectivity index (χ0v) is 12.2. The number of rotatable bonds is 8. The van der Waals surface area contributed by atoms with E-state index < -0.39 is 0 Å². The first-order valence-corrected chi connectivity index (χ1v) is 7.18. The van der Waals surface area contributed by atoms with Gasteiger partial charge < -0.3 is 10.6 Å². The number of nitrogens with one attached hydrogen (secondary N) is 2. The van der Waals surface area contributed by atoms with Crippen molar-refractivity contribution in [2.45, 2.75) is 52.5 Å². The van der Waals surface area contributed by atoms with Crippen molar-refractivity contribution in [3.63, 3.8) is 0 Å². The van der Waals surface area contributed by atoms with E-state index in [1.54, 1.807) is 12.3 Å². The highest BCUT2D eigenvalue weighted by Gasteiger charge is 2.10. The molecule has 1 amide bonds. The Morgan fingerprint density at radius 3 is 2.68 bits per heavy atom. The molecule has 0 aliphatic rings. The van der Waals surface area contributed by atoms with Crippen LogP contribution in [0.2, 0.25) is 0 Å². The number of carbonyl (C=O) groups excluding carboxylic acids is 1. The lowest BCUT2D eigenvalue weighted by Gasteiger charge is -2.13. The number of amides is 1. The van der Waals surface area contributed by atoms with Gasteiger partial charge in [0, 0.05) is 12.6 Å². The fourth-order valence-electron chi connectivity index (χ4n) is 1.91. The molecule has 0 aliphatic carbocycles. The van der Waals surface area contributed by atoms with E-state index in [2.05, 4.69) is 22.5 Å². The van der Waals surface area contributed by atoms with Crippen LogP contribution in [0, 0.1) is 0 Å². The smallest absolute Gasteiger partial charge is 0.270 e. The number of nitrogens with zero attached hydrogens (tertiary/aromatic N) is 1. The first-order chi connectivity index (χ1) is 9.17. The molecule has 1 aromatic heterocycles. The molecular formula is C15H25N3O. The third-order valence-electron chi connectivity index (χ3n) is 3.00. The van der Waals surface area contributed by atoms with Crippen LogP contribution in [0.25, 0.3) is 0 Å². The van der Waals surface area contributed by atoms with Crippen LogP contribution in [0.1, 0.15) is 56.9 Å². The van der Waals surface area contributed by atoms with Gasteiger partial charge in [0.1, 0.15) is 5.69 Å². The Kier molecular flexibility index (Phi) is 6.93. The molecule has 1 rings (SSSR count). The summed E-state index contributed by atoms with van der Waals surface area (Å²) in [6, 6.07) is 3.84. The zero-order chi connectivity index (χ0) is 14.1. The molecule has 1 atom stereocenters. The van der Waals surface area contributed by atoms with E-state index in [1.807, 2.05) is 19.9 Å². The van der Waals surface area contributed by atoms with Crippen LogP contribution >= 0.6 is 0 Å². The van der Waals surface area contributed by atoms with Crippen molar-refractivity contribution in [1.29, 1.82) is 0 Å². The van der Waals surface area contributed by atoms with Crippen molar-refractivity contribution in [3.8, 4) is 0 Å². The van der Waals surface area contributed by atoms with Gasteiger partial charge in [-0.2, -0.15) is 0 Å². The number of hydrogen-bond acceptors (Lipinski definition) is 3. The Hall–Kier alpha value is -1.58. The van der Waals surface area contributed by atoms with Crippen LogP contribution in [0.3, 0.4) is 0 Å². The average Bonchev–Trinajstić information content (AvgIpc) is 2.40. The maximum atomic E-state index is 12.0. The van der Waals surface area contributed by atoms with Crippen LogP contribution in [0.4, 0.5) is 5.69 Å². The molecule has 4 nitrogen and oxygen atoms in total. The topological polar surface area (TPSA) is 54.0 Å². The summed E-state index contributed by atoms with van der Waals surface area (Å²) in [5, 5.41) is 6.14. The number of anilines is 1. The molecule has 0 aromatic carbocycles. The Morgan fingerprint density at radius 1 is 1.32 bits per heavy atom. The molecule has 1 aromatic rings. The highest BCUT2D eigenvalue weighted by Crippen LogP contribution is 2.07. The van der Waals surface area contributed by atoms with Gasteiger partial charge in [-0.05, 0) is 32.4 Å². The third kappa shape index (κ3) is 5.73. The summed E-state index contributed by atoms with van der Waals surface area (Å²) in [4.78, 5) is 16.1. The van der Waals surface area contributed by atoms with Crippen molar-refractivity contribution in [2.75, 3.05) is 11.9 Å². The van der Waals surface area contributed by atoms with Crippen LogP contribution in [0.15, 0.2) is 18.3 Å². The quantitative estimate of drug-likeness (QED) is 0.708. The molecule has 0 spiro atoms. The number of unbranched alkanes of at least 4 members (excludes halogenated alkanes) is 2.